The van der Waals surface area contributed by atoms with Crippen LogP contribution in [0.15, 0.2) is 97.7 Å². The molecule has 0 radical (unpaired) electrons. The lowest BCUT2D eigenvalue weighted by molar-refractivity contribution is -0.577. The molecule has 0 bridgehead atoms. The molecule has 182 valence electrons. The van der Waals surface area contributed by atoms with Crippen molar-refractivity contribution in [1.82, 2.24) is 0 Å². The van der Waals surface area contributed by atoms with Crippen LogP contribution in [0.1, 0.15) is 32.3 Å². The summed E-state index contributed by atoms with van der Waals surface area (Å²) in [6, 6.07) is 29.6. The summed E-state index contributed by atoms with van der Waals surface area (Å²) < 4.78 is 13.1. The molecule has 0 aliphatic carbocycles. The predicted molar refractivity (Wildman–Crippen MR) is 147 cm³/mol. The Balaban J connectivity index is 1.72. The van der Waals surface area contributed by atoms with Gasteiger partial charge in [0.15, 0.2) is 11.9 Å². The Kier molecular flexibility index (Phi) is 6.27. The van der Waals surface area contributed by atoms with Crippen molar-refractivity contribution in [2.24, 2.45) is 0 Å². The van der Waals surface area contributed by atoms with Crippen LogP contribution in [0.5, 0.6) is 11.5 Å². The number of benzene rings is 3. The molecular weight excluding hydrogens is 444 g/mol. The number of nitrogens with zero attached hydrogens (tertiary/aromatic N) is 2. The fourth-order valence-corrected chi connectivity index (χ4v) is 5.53. The second-order valence-corrected chi connectivity index (χ2v) is 9.15. The standard InChI is InChI=1S/C32H33N2O2/c1-6-32(7-2)23(3)33-21-9-8-10-31(33)29-22-26(15-20-30(29)32)34(24-11-16-27(35-4)17-12-24)25-13-18-28(36-5)19-14-25/h8-22H,3,6-7H2,1-2,4-5H3/q+1. The number of ether oxygens (including phenoxy) is 2. The van der Waals surface area contributed by atoms with E-state index in [0.29, 0.717) is 0 Å². The van der Waals surface area contributed by atoms with E-state index in [0.717, 1.165) is 47.1 Å². The molecule has 1 aliphatic rings. The zero-order chi connectivity index (χ0) is 25.3. The highest BCUT2D eigenvalue weighted by atomic mass is 16.5. The minimum Gasteiger partial charge on any atom is -0.497 e. The molecule has 36 heavy (non-hydrogen) atoms. The molecule has 5 rings (SSSR count). The van der Waals surface area contributed by atoms with E-state index < -0.39 is 0 Å². The SMILES string of the molecule is C=C1[n+]2ccccc2-c2cc(N(c3ccc(OC)cc3)c3ccc(OC)cc3)ccc2C1(CC)CC. The van der Waals surface area contributed by atoms with Gasteiger partial charge in [0, 0.05) is 29.2 Å². The predicted octanol–water partition coefficient (Wildman–Crippen LogP) is 7.67. The number of allylic oxidation sites excluding steroid dienone is 1. The van der Waals surface area contributed by atoms with E-state index in [1.54, 1.807) is 14.2 Å². The van der Waals surface area contributed by atoms with E-state index in [1.165, 1.54) is 16.8 Å². The number of rotatable bonds is 7. The van der Waals surface area contributed by atoms with E-state index in [-0.39, 0.29) is 5.41 Å². The van der Waals surface area contributed by atoms with Crippen molar-refractivity contribution in [3.05, 3.63) is 103 Å². The molecule has 4 aromatic rings. The van der Waals surface area contributed by atoms with Crippen LogP contribution in [0.25, 0.3) is 17.0 Å². The fourth-order valence-electron chi connectivity index (χ4n) is 5.53. The number of methoxy groups -OCH3 is 2. The van der Waals surface area contributed by atoms with Gasteiger partial charge in [-0.05, 0) is 91.7 Å². The van der Waals surface area contributed by atoms with E-state index in [2.05, 4.69) is 96.8 Å². The first-order valence-electron chi connectivity index (χ1n) is 12.5. The third-order valence-electron chi connectivity index (χ3n) is 7.62. The van der Waals surface area contributed by atoms with Crippen molar-refractivity contribution in [3.63, 3.8) is 0 Å². The van der Waals surface area contributed by atoms with Crippen molar-refractivity contribution in [1.29, 1.82) is 0 Å². The van der Waals surface area contributed by atoms with Crippen molar-refractivity contribution >= 4 is 22.8 Å². The second kappa shape index (κ2) is 9.54. The van der Waals surface area contributed by atoms with Crippen LogP contribution >= 0.6 is 0 Å². The van der Waals surface area contributed by atoms with E-state index in [1.807, 2.05) is 24.3 Å². The molecule has 1 aliphatic heterocycles. The molecule has 1 aromatic heterocycles. The van der Waals surface area contributed by atoms with Crippen LogP contribution in [-0.4, -0.2) is 14.2 Å². The molecule has 0 saturated carbocycles. The summed E-state index contributed by atoms with van der Waals surface area (Å²) in [5.41, 5.74) is 8.00. The number of hydrogen-bond donors (Lipinski definition) is 0. The lowest BCUT2D eigenvalue weighted by atomic mass is 9.69. The van der Waals surface area contributed by atoms with Crippen LogP contribution in [-0.2, 0) is 5.41 Å². The van der Waals surface area contributed by atoms with Gasteiger partial charge in [0.05, 0.1) is 25.2 Å². The molecule has 4 heteroatoms. The van der Waals surface area contributed by atoms with Gasteiger partial charge in [-0.15, -0.1) is 0 Å². The Labute approximate surface area is 214 Å². The first kappa shape index (κ1) is 23.7. The third-order valence-corrected chi connectivity index (χ3v) is 7.62. The van der Waals surface area contributed by atoms with Crippen molar-refractivity contribution in [2.45, 2.75) is 32.1 Å². The molecule has 0 N–H and O–H groups in total. The molecule has 0 spiro atoms. The molecule has 0 amide bonds. The Bertz CT molecular complexity index is 1340. The first-order chi connectivity index (χ1) is 17.6. The molecule has 4 nitrogen and oxygen atoms in total. The van der Waals surface area contributed by atoms with Gasteiger partial charge in [-0.25, -0.2) is 0 Å². The van der Waals surface area contributed by atoms with Gasteiger partial charge in [0.1, 0.15) is 11.5 Å². The van der Waals surface area contributed by atoms with Gasteiger partial charge in [0.25, 0.3) is 0 Å². The Morgan fingerprint density at radius 2 is 1.31 bits per heavy atom. The lowest BCUT2D eigenvalue weighted by Gasteiger charge is -2.36. The van der Waals surface area contributed by atoms with Crippen LogP contribution in [0.2, 0.25) is 0 Å². The maximum absolute atomic E-state index is 5.42. The van der Waals surface area contributed by atoms with E-state index >= 15 is 0 Å². The zero-order valence-electron chi connectivity index (χ0n) is 21.5. The molecule has 0 fully saturated rings. The van der Waals surface area contributed by atoms with Crippen LogP contribution in [0.4, 0.5) is 17.1 Å². The molecule has 2 heterocycles. The summed E-state index contributed by atoms with van der Waals surface area (Å²) in [5.74, 6) is 1.66. The number of aromatic nitrogens is 1. The Morgan fingerprint density at radius 1 is 0.750 bits per heavy atom. The average Bonchev–Trinajstić information content (AvgIpc) is 2.95. The number of anilines is 3. The minimum atomic E-state index is -0.0993. The summed E-state index contributed by atoms with van der Waals surface area (Å²) in [6.45, 7) is 9.10. The summed E-state index contributed by atoms with van der Waals surface area (Å²) in [6.07, 6.45) is 4.13. The number of fused-ring (bicyclic) bond motifs is 3. The highest BCUT2D eigenvalue weighted by Crippen LogP contribution is 2.48. The normalized spacial score (nSPS) is 13.5. The van der Waals surface area contributed by atoms with Gasteiger partial charge >= 0.3 is 0 Å². The van der Waals surface area contributed by atoms with E-state index in [4.69, 9.17) is 9.47 Å². The summed E-state index contributed by atoms with van der Waals surface area (Å²) in [4.78, 5) is 2.27. The monoisotopic (exact) mass is 477 g/mol. The van der Waals surface area contributed by atoms with Gasteiger partial charge in [0.2, 0.25) is 5.69 Å². The molecular formula is C32H33N2O2+. The maximum atomic E-state index is 5.42. The topological polar surface area (TPSA) is 25.6 Å². The van der Waals surface area contributed by atoms with Crippen molar-refractivity contribution in [3.8, 4) is 22.8 Å². The molecule has 3 aromatic carbocycles. The Hall–Kier alpha value is -4.05. The van der Waals surface area contributed by atoms with Crippen LogP contribution in [0, 0.1) is 0 Å². The quantitative estimate of drug-likeness (QED) is 0.255. The first-order valence-corrected chi connectivity index (χ1v) is 12.5. The highest BCUT2D eigenvalue weighted by Gasteiger charge is 2.45. The van der Waals surface area contributed by atoms with Gasteiger partial charge in [-0.3, -0.25) is 0 Å². The molecule has 0 atom stereocenters. The van der Waals surface area contributed by atoms with Crippen molar-refractivity contribution < 1.29 is 14.0 Å². The third kappa shape index (κ3) is 3.74. The molecule has 0 unspecified atom stereocenters. The van der Waals surface area contributed by atoms with Gasteiger partial charge < -0.3 is 14.4 Å². The van der Waals surface area contributed by atoms with Gasteiger partial charge in [-0.1, -0.05) is 19.9 Å². The fraction of sp³-hybridized carbons (Fsp3) is 0.219. The summed E-state index contributed by atoms with van der Waals surface area (Å²) in [7, 11) is 3.38. The van der Waals surface area contributed by atoms with Crippen LogP contribution < -0.4 is 18.9 Å². The van der Waals surface area contributed by atoms with E-state index in [9.17, 15) is 0 Å². The second-order valence-electron chi connectivity index (χ2n) is 9.15. The van der Waals surface area contributed by atoms with Crippen molar-refractivity contribution in [2.75, 3.05) is 19.1 Å². The minimum absolute atomic E-state index is 0.0993. The zero-order valence-corrected chi connectivity index (χ0v) is 21.5. The summed E-state index contributed by atoms with van der Waals surface area (Å²) >= 11 is 0. The number of pyridine rings is 1. The Morgan fingerprint density at radius 3 is 1.83 bits per heavy atom. The average molecular weight is 478 g/mol. The largest absolute Gasteiger partial charge is 0.497 e. The molecule has 0 saturated heterocycles. The smallest absolute Gasteiger partial charge is 0.218 e. The lowest BCUT2D eigenvalue weighted by Crippen LogP contribution is -2.48. The maximum Gasteiger partial charge on any atom is 0.218 e. The van der Waals surface area contributed by atoms with Gasteiger partial charge in [-0.2, -0.15) is 4.57 Å². The van der Waals surface area contributed by atoms with Crippen LogP contribution in [0.3, 0.4) is 0 Å². The highest BCUT2D eigenvalue weighted by molar-refractivity contribution is 5.82. The number of hydrogen-bond acceptors (Lipinski definition) is 3. The summed E-state index contributed by atoms with van der Waals surface area (Å²) in [5, 5.41) is 0.